The number of aliphatic carboxylic acids is 1. The van der Waals surface area contributed by atoms with E-state index in [1.54, 1.807) is 36.4 Å². The Morgan fingerprint density at radius 1 is 1.06 bits per heavy atom. The fourth-order valence-electron chi connectivity index (χ4n) is 3.62. The molecular weight excluding hydrogens is 470 g/mol. The highest BCUT2D eigenvalue weighted by Crippen LogP contribution is 2.35. The molecule has 0 spiro atoms. The average molecular weight is 494 g/mol. The highest BCUT2D eigenvalue weighted by Gasteiger charge is 2.33. The molecule has 1 aromatic heterocycles. The lowest BCUT2D eigenvalue weighted by molar-refractivity contribution is -0.137. The Morgan fingerprint density at radius 3 is 2.49 bits per heavy atom. The smallest absolute Gasteiger partial charge is 0.305 e. The van der Waals surface area contributed by atoms with Crippen LogP contribution in [0.3, 0.4) is 0 Å². The quantitative estimate of drug-likeness (QED) is 0.374. The van der Waals surface area contributed by atoms with Crippen molar-refractivity contribution in [3.05, 3.63) is 84.2 Å². The number of para-hydroxylation sites is 1. The number of hydrogen-bond donors (Lipinski definition) is 4. The maximum Gasteiger partial charge on any atom is 0.305 e. The normalized spacial score (nSPS) is 13.9. The highest BCUT2D eigenvalue weighted by atomic mass is 32.2. The molecule has 3 aromatic rings. The number of guanidine groups is 1. The van der Waals surface area contributed by atoms with Gasteiger partial charge >= 0.3 is 5.97 Å². The van der Waals surface area contributed by atoms with E-state index in [2.05, 4.69) is 25.9 Å². The van der Waals surface area contributed by atoms with Crippen molar-refractivity contribution in [3.8, 4) is 0 Å². The molecule has 0 saturated carbocycles. The molecule has 0 saturated heterocycles. The Kier molecular flexibility index (Phi) is 7.06. The molecule has 1 aliphatic heterocycles. The van der Waals surface area contributed by atoms with Gasteiger partial charge in [-0.2, -0.15) is 0 Å². The second-order valence-corrected chi connectivity index (χ2v) is 9.83. The first-order valence-corrected chi connectivity index (χ1v) is 12.3. The van der Waals surface area contributed by atoms with Crippen molar-refractivity contribution in [2.24, 2.45) is 4.99 Å². The van der Waals surface area contributed by atoms with Gasteiger partial charge in [-0.15, -0.1) is 0 Å². The number of pyridine rings is 1. The van der Waals surface area contributed by atoms with Crippen molar-refractivity contribution in [2.45, 2.75) is 16.6 Å². The summed E-state index contributed by atoms with van der Waals surface area (Å²) in [7, 11) is -4.19. The third-order valence-corrected chi connectivity index (χ3v) is 7.47. The van der Waals surface area contributed by atoms with Gasteiger partial charge in [0, 0.05) is 30.2 Å². The van der Waals surface area contributed by atoms with E-state index in [0.717, 1.165) is 12.2 Å². The number of carboxylic acids is 1. The lowest BCUT2D eigenvalue weighted by Crippen LogP contribution is -2.26. The summed E-state index contributed by atoms with van der Waals surface area (Å²) in [6, 6.07) is 15.6. The maximum absolute atomic E-state index is 13.5. The van der Waals surface area contributed by atoms with Crippen LogP contribution in [0.5, 0.6) is 0 Å². The van der Waals surface area contributed by atoms with Gasteiger partial charge in [-0.25, -0.2) is 8.42 Å². The largest absolute Gasteiger partial charge is 0.481 e. The number of aromatic nitrogens is 1. The molecule has 11 heteroatoms. The van der Waals surface area contributed by atoms with Gasteiger partial charge in [0.05, 0.1) is 23.5 Å². The van der Waals surface area contributed by atoms with Crippen LogP contribution < -0.4 is 16.0 Å². The summed E-state index contributed by atoms with van der Waals surface area (Å²) in [6.07, 6.45) is 2.15. The zero-order chi connectivity index (χ0) is 24.8. The number of nitrogens with zero attached hydrogens (tertiary/aromatic N) is 2. The van der Waals surface area contributed by atoms with Gasteiger partial charge in [0.15, 0.2) is 15.8 Å². The van der Waals surface area contributed by atoms with E-state index in [1.165, 1.54) is 36.7 Å². The van der Waals surface area contributed by atoms with Gasteiger partial charge in [-0.1, -0.05) is 18.2 Å². The molecule has 1 unspecified atom stereocenters. The summed E-state index contributed by atoms with van der Waals surface area (Å²) in [5, 5.41) is 16.8. The highest BCUT2D eigenvalue weighted by molar-refractivity contribution is 7.91. The van der Waals surface area contributed by atoms with Crippen molar-refractivity contribution in [3.63, 3.8) is 0 Å². The zero-order valence-corrected chi connectivity index (χ0v) is 19.3. The van der Waals surface area contributed by atoms with E-state index in [-0.39, 0.29) is 16.1 Å². The second-order valence-electron chi connectivity index (χ2n) is 7.73. The molecule has 1 atom stereocenters. The predicted octanol–water partition coefficient (Wildman–Crippen LogP) is 2.69. The molecular formula is C24H23N5O5S. The molecule has 2 heterocycles. The SMILES string of the molecule is O=C(O)CC(c1cccnc1)S(=O)(=O)c1ccccc1NC(=O)c1ccc(NC2=NCCN2)cc1. The lowest BCUT2D eigenvalue weighted by atomic mass is 10.1. The fourth-order valence-corrected chi connectivity index (χ4v) is 5.48. The van der Waals surface area contributed by atoms with Crippen LogP contribution in [-0.2, 0) is 14.6 Å². The first-order chi connectivity index (χ1) is 16.8. The molecule has 4 N–H and O–H groups in total. The topological polar surface area (TPSA) is 150 Å². The van der Waals surface area contributed by atoms with Crippen LogP contribution in [0.15, 0.2) is 82.9 Å². The average Bonchev–Trinajstić information content (AvgIpc) is 3.36. The van der Waals surface area contributed by atoms with E-state index in [0.29, 0.717) is 18.1 Å². The number of aliphatic imine (C=N–C) groups is 1. The van der Waals surface area contributed by atoms with Gasteiger partial charge in [0.2, 0.25) is 0 Å². The van der Waals surface area contributed by atoms with Crippen LogP contribution in [0.1, 0.15) is 27.6 Å². The summed E-state index contributed by atoms with van der Waals surface area (Å²) < 4.78 is 27.1. The van der Waals surface area contributed by atoms with Gasteiger partial charge in [0.1, 0.15) is 5.25 Å². The third-order valence-electron chi connectivity index (χ3n) is 5.32. The molecule has 1 amide bonds. The summed E-state index contributed by atoms with van der Waals surface area (Å²) in [5.74, 6) is -1.12. The van der Waals surface area contributed by atoms with Crippen LogP contribution in [0.25, 0.3) is 0 Å². The Labute approximate surface area is 202 Å². The number of rotatable bonds is 8. The Morgan fingerprint density at radius 2 is 1.83 bits per heavy atom. The molecule has 0 bridgehead atoms. The molecule has 1 aliphatic rings. The number of nitrogens with one attached hydrogen (secondary N) is 3. The first kappa shape index (κ1) is 23.9. The molecule has 0 aliphatic carbocycles. The minimum Gasteiger partial charge on any atom is -0.481 e. The second kappa shape index (κ2) is 10.3. The third kappa shape index (κ3) is 5.64. The summed E-state index contributed by atoms with van der Waals surface area (Å²) >= 11 is 0. The van der Waals surface area contributed by atoms with Gasteiger partial charge in [0.25, 0.3) is 5.91 Å². The van der Waals surface area contributed by atoms with Gasteiger partial charge in [-0.05, 0) is 48.0 Å². The number of carboxylic acid groups (broad SMARTS) is 1. The molecule has 180 valence electrons. The number of sulfone groups is 1. The first-order valence-electron chi connectivity index (χ1n) is 10.8. The van der Waals surface area contributed by atoms with E-state index < -0.39 is 33.4 Å². The number of amides is 1. The Bertz CT molecular complexity index is 1360. The van der Waals surface area contributed by atoms with E-state index in [1.807, 2.05) is 0 Å². The molecule has 0 fully saturated rings. The summed E-state index contributed by atoms with van der Waals surface area (Å²) in [4.78, 5) is 32.4. The molecule has 2 aromatic carbocycles. The van der Waals surface area contributed by atoms with Gasteiger partial charge < -0.3 is 21.1 Å². The van der Waals surface area contributed by atoms with Gasteiger partial charge in [-0.3, -0.25) is 19.6 Å². The maximum atomic E-state index is 13.5. The van der Waals surface area contributed by atoms with E-state index >= 15 is 0 Å². The lowest BCUT2D eigenvalue weighted by Gasteiger charge is -2.19. The van der Waals surface area contributed by atoms with E-state index in [4.69, 9.17) is 0 Å². The monoisotopic (exact) mass is 493 g/mol. The number of carbonyl (C=O) groups excluding carboxylic acids is 1. The zero-order valence-electron chi connectivity index (χ0n) is 18.5. The van der Waals surface area contributed by atoms with Crippen molar-refractivity contribution >= 4 is 39.0 Å². The fraction of sp³-hybridized carbons (Fsp3) is 0.167. The summed E-state index contributed by atoms with van der Waals surface area (Å²) in [6.45, 7) is 1.46. The molecule has 0 radical (unpaired) electrons. The number of benzene rings is 2. The number of hydrogen-bond acceptors (Lipinski definition) is 8. The van der Waals surface area contributed by atoms with Crippen LogP contribution in [0, 0.1) is 0 Å². The predicted molar refractivity (Wildman–Crippen MR) is 131 cm³/mol. The number of carbonyl (C=O) groups is 2. The van der Waals surface area contributed by atoms with Crippen LogP contribution in [-0.4, -0.2) is 49.4 Å². The van der Waals surface area contributed by atoms with Crippen molar-refractivity contribution in [1.29, 1.82) is 0 Å². The van der Waals surface area contributed by atoms with Crippen LogP contribution >= 0.6 is 0 Å². The minimum atomic E-state index is -4.19. The van der Waals surface area contributed by atoms with Crippen LogP contribution in [0.2, 0.25) is 0 Å². The van der Waals surface area contributed by atoms with Crippen molar-refractivity contribution in [1.82, 2.24) is 10.3 Å². The standard InChI is InChI=1S/C24H23N5O5S/c30-22(31)14-21(17-4-3-11-25-15-17)35(33,34)20-6-2-1-5-19(20)29-23(32)16-7-9-18(10-8-16)28-24-26-12-13-27-24/h1-11,15,21H,12-14H2,(H,29,32)(H,30,31)(H2,26,27,28). The molecule has 4 rings (SSSR count). The van der Waals surface area contributed by atoms with Crippen molar-refractivity contribution in [2.75, 3.05) is 23.7 Å². The van der Waals surface area contributed by atoms with E-state index in [9.17, 15) is 23.1 Å². The van der Waals surface area contributed by atoms with Crippen LogP contribution in [0.4, 0.5) is 11.4 Å². The Hall–Kier alpha value is -4.25. The molecule has 35 heavy (non-hydrogen) atoms. The summed E-state index contributed by atoms with van der Waals surface area (Å²) in [5.41, 5.74) is 1.37. The van der Waals surface area contributed by atoms with Crippen molar-refractivity contribution < 1.29 is 23.1 Å². The minimum absolute atomic E-state index is 0.0588. The Balaban J connectivity index is 1.58. The molecule has 10 nitrogen and oxygen atoms in total. The number of anilines is 2.